The molecule has 31 heavy (non-hydrogen) atoms. The molecule has 2 rings (SSSR count). The number of aliphatic imine (C=N–C) groups is 1. The molecule has 1 fully saturated rings. The van der Waals surface area contributed by atoms with Gasteiger partial charge in [0.05, 0.1) is 7.11 Å². The molecule has 1 aliphatic rings. The van der Waals surface area contributed by atoms with E-state index in [0.29, 0.717) is 12.1 Å². The van der Waals surface area contributed by atoms with Gasteiger partial charge in [-0.1, -0.05) is 22.9 Å². The van der Waals surface area contributed by atoms with Gasteiger partial charge in [0, 0.05) is 16.6 Å². The fraction of sp³-hybridized carbons (Fsp3) is 0.565. The van der Waals surface area contributed by atoms with E-state index in [1.54, 1.807) is 18.9 Å². The fourth-order valence-electron chi connectivity index (χ4n) is 3.61. The zero-order chi connectivity index (χ0) is 22.6. The van der Waals surface area contributed by atoms with Crippen molar-refractivity contribution in [3.8, 4) is 5.75 Å². The van der Waals surface area contributed by atoms with E-state index in [1.807, 2.05) is 19.1 Å². The maximum Gasteiger partial charge on any atom is 0.254 e. The van der Waals surface area contributed by atoms with Crippen LogP contribution in [0.15, 0.2) is 38.1 Å². The second-order valence-electron chi connectivity index (χ2n) is 7.56. The summed E-state index contributed by atoms with van der Waals surface area (Å²) >= 11 is 5.21. The van der Waals surface area contributed by atoms with Crippen molar-refractivity contribution in [2.24, 2.45) is 10.7 Å². The minimum absolute atomic E-state index is 0.182. The molecule has 0 aliphatic carbocycles. The number of carbonyl (C=O) groups excluding carboxylic acids is 1. The van der Waals surface area contributed by atoms with Gasteiger partial charge in [0.1, 0.15) is 5.75 Å². The smallest absolute Gasteiger partial charge is 0.254 e. The molecule has 1 aromatic carbocycles. The Morgan fingerprint density at radius 2 is 2.10 bits per heavy atom. The van der Waals surface area contributed by atoms with E-state index in [0.717, 1.165) is 52.3 Å². The number of likely N-dealkylation sites (tertiary alicyclic amines) is 1. The highest BCUT2D eigenvalue weighted by Crippen LogP contribution is 2.29. The number of nitrogens with zero attached hydrogens (tertiary/aromatic N) is 2. The lowest BCUT2D eigenvalue weighted by Crippen LogP contribution is -2.37. The monoisotopic (exact) mass is 510 g/mol. The van der Waals surface area contributed by atoms with E-state index < -0.39 is 0 Å². The maximum atomic E-state index is 12.7. The molecule has 0 unspecified atom stereocenters. The Hall–Kier alpha value is -1.51. The highest BCUT2D eigenvalue weighted by Gasteiger charge is 2.14. The summed E-state index contributed by atoms with van der Waals surface area (Å²) in [6.07, 6.45) is 5.09. The molecule has 0 aromatic heterocycles. The molecule has 1 aliphatic heterocycles. The zero-order valence-electron chi connectivity index (χ0n) is 18.9. The van der Waals surface area contributed by atoms with Crippen LogP contribution in [-0.2, 0) is 11.2 Å². The van der Waals surface area contributed by atoms with Crippen LogP contribution in [0.5, 0.6) is 5.75 Å². The van der Waals surface area contributed by atoms with Crippen molar-refractivity contribution < 1.29 is 9.53 Å². The van der Waals surface area contributed by atoms with Crippen molar-refractivity contribution >= 4 is 39.6 Å². The number of aryl methyl sites for hydroxylation is 1. The topological polar surface area (TPSA) is 79.9 Å². The largest absolute Gasteiger partial charge is 0.496 e. The molecule has 0 atom stereocenters. The number of ether oxygens (including phenoxy) is 1. The van der Waals surface area contributed by atoms with Crippen LogP contribution in [0.1, 0.15) is 45.1 Å². The van der Waals surface area contributed by atoms with Crippen LogP contribution >= 0.6 is 27.7 Å². The molecule has 1 heterocycles. The predicted molar refractivity (Wildman–Crippen MR) is 135 cm³/mol. The van der Waals surface area contributed by atoms with Gasteiger partial charge in [-0.15, -0.1) is 11.8 Å². The van der Waals surface area contributed by atoms with Gasteiger partial charge in [-0.3, -0.25) is 15.1 Å². The lowest BCUT2D eigenvalue weighted by Gasteiger charge is -2.14. The number of allylic oxidation sites excluding steroid dienone is 1. The standard InChI is InChI=1S/C23H35BrN4O2S/c1-4-31-21(11-8-18-16-19(24)9-10-20(18)30-3)17(2)22(29)27-23(25)26-12-7-15-28-13-5-6-14-28/h9-10,16H,4-8,11-15H2,1-3H3,(H3,25,26,27,29)/b21-17+. The molecule has 1 aromatic rings. The third-order valence-corrected chi connectivity index (χ3v) is 6.94. The molecule has 0 saturated carbocycles. The summed E-state index contributed by atoms with van der Waals surface area (Å²) in [7, 11) is 1.68. The van der Waals surface area contributed by atoms with Gasteiger partial charge in [-0.05, 0) is 93.1 Å². The van der Waals surface area contributed by atoms with Gasteiger partial charge < -0.3 is 15.4 Å². The number of benzene rings is 1. The summed E-state index contributed by atoms with van der Waals surface area (Å²) < 4.78 is 6.49. The van der Waals surface area contributed by atoms with Crippen LogP contribution in [-0.4, -0.2) is 55.8 Å². The Labute approximate surface area is 199 Å². The number of halogens is 1. The first-order valence-electron chi connectivity index (χ1n) is 10.9. The maximum absolute atomic E-state index is 12.7. The van der Waals surface area contributed by atoms with Crippen LogP contribution in [0, 0.1) is 0 Å². The molecular weight excluding hydrogens is 476 g/mol. The fourth-order valence-corrected chi connectivity index (χ4v) is 4.92. The molecule has 1 amide bonds. The number of rotatable bonds is 11. The van der Waals surface area contributed by atoms with Crippen LogP contribution < -0.4 is 15.8 Å². The normalized spacial score (nSPS) is 15.7. The number of hydrogen-bond acceptors (Lipinski definition) is 5. The summed E-state index contributed by atoms with van der Waals surface area (Å²) in [5, 5.41) is 2.75. The Kier molecular flexibility index (Phi) is 11.5. The van der Waals surface area contributed by atoms with E-state index in [-0.39, 0.29) is 11.9 Å². The third-order valence-electron chi connectivity index (χ3n) is 5.30. The van der Waals surface area contributed by atoms with E-state index in [2.05, 4.69) is 44.1 Å². The van der Waals surface area contributed by atoms with Crippen molar-refractivity contribution in [3.05, 3.63) is 38.7 Å². The minimum atomic E-state index is -0.182. The van der Waals surface area contributed by atoms with E-state index in [9.17, 15) is 4.79 Å². The number of amides is 1. The highest BCUT2D eigenvalue weighted by molar-refractivity contribution is 9.10. The van der Waals surface area contributed by atoms with E-state index in [1.165, 1.54) is 25.9 Å². The van der Waals surface area contributed by atoms with Gasteiger partial charge in [0.2, 0.25) is 0 Å². The Morgan fingerprint density at radius 3 is 2.77 bits per heavy atom. The van der Waals surface area contributed by atoms with Crippen LogP contribution in [0.4, 0.5) is 0 Å². The number of carbonyl (C=O) groups is 1. The van der Waals surface area contributed by atoms with Crippen LogP contribution in [0.25, 0.3) is 0 Å². The van der Waals surface area contributed by atoms with Crippen molar-refractivity contribution in [1.29, 1.82) is 0 Å². The number of nitrogens with two attached hydrogens (primary N) is 1. The number of hydrogen-bond donors (Lipinski definition) is 2. The molecular formula is C23H35BrN4O2S. The van der Waals surface area contributed by atoms with E-state index in [4.69, 9.17) is 10.5 Å². The van der Waals surface area contributed by atoms with Crippen molar-refractivity contribution in [2.45, 2.75) is 46.0 Å². The van der Waals surface area contributed by atoms with Gasteiger partial charge in [0.15, 0.2) is 5.96 Å². The molecule has 0 bridgehead atoms. The Balaban J connectivity index is 1.93. The number of guanidine groups is 1. The minimum Gasteiger partial charge on any atom is -0.496 e. The molecule has 0 spiro atoms. The second-order valence-corrected chi connectivity index (χ2v) is 9.84. The lowest BCUT2D eigenvalue weighted by molar-refractivity contribution is -0.116. The quantitative estimate of drug-likeness (QED) is 0.200. The number of nitrogens with one attached hydrogen (secondary N) is 1. The SMILES string of the molecule is CCS/C(CCc1cc(Br)ccc1OC)=C(\C)C(=O)NC(N)=NCCCN1CCCC1. The summed E-state index contributed by atoms with van der Waals surface area (Å²) in [4.78, 5) is 20.5. The summed E-state index contributed by atoms with van der Waals surface area (Å²) in [6, 6.07) is 5.98. The molecule has 8 heteroatoms. The molecule has 1 saturated heterocycles. The van der Waals surface area contributed by atoms with Crippen LogP contribution in [0.3, 0.4) is 0 Å². The van der Waals surface area contributed by atoms with Gasteiger partial charge in [-0.2, -0.15) is 0 Å². The third kappa shape index (κ3) is 8.86. The average Bonchev–Trinajstić information content (AvgIpc) is 3.27. The first-order valence-corrected chi connectivity index (χ1v) is 12.7. The summed E-state index contributed by atoms with van der Waals surface area (Å²) in [6.45, 7) is 7.98. The molecule has 6 nitrogen and oxygen atoms in total. The van der Waals surface area contributed by atoms with Crippen LogP contribution in [0.2, 0.25) is 0 Å². The summed E-state index contributed by atoms with van der Waals surface area (Å²) in [5.74, 6) is 1.77. The van der Waals surface area contributed by atoms with E-state index >= 15 is 0 Å². The first-order chi connectivity index (χ1) is 14.9. The zero-order valence-corrected chi connectivity index (χ0v) is 21.3. The average molecular weight is 512 g/mol. The number of thioether (sulfide) groups is 1. The Bertz CT molecular complexity index is 792. The predicted octanol–water partition coefficient (Wildman–Crippen LogP) is 4.33. The Morgan fingerprint density at radius 1 is 1.35 bits per heavy atom. The van der Waals surface area contributed by atoms with Gasteiger partial charge >= 0.3 is 0 Å². The molecule has 0 radical (unpaired) electrons. The van der Waals surface area contributed by atoms with Crippen molar-refractivity contribution in [1.82, 2.24) is 10.2 Å². The van der Waals surface area contributed by atoms with Crippen molar-refractivity contribution in [2.75, 3.05) is 39.0 Å². The lowest BCUT2D eigenvalue weighted by atomic mass is 10.1. The van der Waals surface area contributed by atoms with Gasteiger partial charge in [0.25, 0.3) is 5.91 Å². The summed E-state index contributed by atoms with van der Waals surface area (Å²) in [5.41, 5.74) is 7.75. The molecule has 3 N–H and O–H groups in total. The molecule has 172 valence electrons. The second kappa shape index (κ2) is 13.8. The van der Waals surface area contributed by atoms with Gasteiger partial charge in [-0.25, -0.2) is 0 Å². The number of methoxy groups -OCH3 is 1. The van der Waals surface area contributed by atoms with Crippen molar-refractivity contribution in [3.63, 3.8) is 0 Å². The highest BCUT2D eigenvalue weighted by atomic mass is 79.9. The first kappa shape index (κ1) is 25.7.